The van der Waals surface area contributed by atoms with E-state index in [1.165, 1.54) is 11.4 Å². The lowest BCUT2D eigenvalue weighted by Crippen LogP contribution is -2.58. The molecule has 1 N–H and O–H groups in total. The fraction of sp³-hybridized carbons (Fsp3) is 0.625. The standard InChI is InChI=1S/C16H25BrN2O/c1-6-20-15-10-14(16(15,2)3)18-12-9-11(17)7-8-13(12)19(4)5/h7-9,14-15,18H,6,10H2,1-5H3. The Morgan fingerprint density at radius 1 is 1.40 bits per heavy atom. The molecule has 1 saturated carbocycles. The van der Waals surface area contributed by atoms with Gasteiger partial charge in [0.2, 0.25) is 0 Å². The van der Waals surface area contributed by atoms with Gasteiger partial charge < -0.3 is 15.0 Å². The van der Waals surface area contributed by atoms with Gasteiger partial charge in [0, 0.05) is 36.6 Å². The lowest BCUT2D eigenvalue weighted by Gasteiger charge is -2.52. The topological polar surface area (TPSA) is 24.5 Å². The molecule has 0 spiro atoms. The number of ether oxygens (including phenoxy) is 1. The van der Waals surface area contributed by atoms with Crippen LogP contribution in [0.4, 0.5) is 11.4 Å². The molecule has 112 valence electrons. The second-order valence-electron chi connectivity index (χ2n) is 6.25. The average molecular weight is 341 g/mol. The summed E-state index contributed by atoms with van der Waals surface area (Å²) in [5, 5.41) is 3.70. The molecule has 0 saturated heterocycles. The van der Waals surface area contributed by atoms with Gasteiger partial charge in [-0.15, -0.1) is 0 Å². The number of hydrogen-bond donors (Lipinski definition) is 1. The maximum absolute atomic E-state index is 5.80. The lowest BCUT2D eigenvalue weighted by atomic mass is 9.64. The van der Waals surface area contributed by atoms with Crippen LogP contribution >= 0.6 is 15.9 Å². The van der Waals surface area contributed by atoms with E-state index < -0.39 is 0 Å². The first-order chi connectivity index (χ1) is 9.36. The molecule has 4 heteroatoms. The molecule has 20 heavy (non-hydrogen) atoms. The van der Waals surface area contributed by atoms with Gasteiger partial charge in [0.15, 0.2) is 0 Å². The van der Waals surface area contributed by atoms with Gasteiger partial charge in [-0.2, -0.15) is 0 Å². The van der Waals surface area contributed by atoms with Crippen LogP contribution in [0, 0.1) is 5.41 Å². The molecule has 0 amide bonds. The van der Waals surface area contributed by atoms with Crippen LogP contribution in [0.25, 0.3) is 0 Å². The van der Waals surface area contributed by atoms with Gasteiger partial charge in [-0.3, -0.25) is 0 Å². The summed E-state index contributed by atoms with van der Waals surface area (Å²) in [4.78, 5) is 2.14. The number of nitrogens with zero attached hydrogens (tertiary/aromatic N) is 1. The summed E-state index contributed by atoms with van der Waals surface area (Å²) in [6.45, 7) is 7.42. The van der Waals surface area contributed by atoms with Crippen LogP contribution in [-0.4, -0.2) is 32.8 Å². The molecule has 0 bridgehead atoms. The zero-order valence-electron chi connectivity index (χ0n) is 13.0. The monoisotopic (exact) mass is 340 g/mol. The minimum absolute atomic E-state index is 0.169. The van der Waals surface area contributed by atoms with Gasteiger partial charge in [-0.05, 0) is 31.5 Å². The van der Waals surface area contributed by atoms with E-state index in [1.54, 1.807) is 0 Å². The molecular weight excluding hydrogens is 316 g/mol. The second-order valence-corrected chi connectivity index (χ2v) is 7.17. The highest BCUT2D eigenvalue weighted by Crippen LogP contribution is 2.45. The van der Waals surface area contributed by atoms with E-state index in [0.717, 1.165) is 17.5 Å². The Labute approximate surface area is 130 Å². The second kappa shape index (κ2) is 5.94. The van der Waals surface area contributed by atoms with E-state index in [2.05, 4.69) is 79.2 Å². The van der Waals surface area contributed by atoms with E-state index in [9.17, 15) is 0 Å². The third-order valence-corrected chi connectivity index (χ3v) is 4.81. The number of nitrogens with one attached hydrogen (secondary N) is 1. The van der Waals surface area contributed by atoms with Crippen LogP contribution in [0.1, 0.15) is 27.2 Å². The summed E-state index contributed by atoms with van der Waals surface area (Å²) in [6.07, 6.45) is 1.43. The maximum atomic E-state index is 5.80. The third kappa shape index (κ3) is 2.96. The average Bonchev–Trinajstić information content (AvgIpc) is 2.37. The SMILES string of the molecule is CCOC1CC(Nc2cc(Br)ccc2N(C)C)C1(C)C. The minimum Gasteiger partial charge on any atom is -0.380 e. The van der Waals surface area contributed by atoms with Crippen LogP contribution in [0.3, 0.4) is 0 Å². The van der Waals surface area contributed by atoms with E-state index >= 15 is 0 Å². The molecule has 2 unspecified atom stereocenters. The van der Waals surface area contributed by atoms with Gasteiger partial charge in [0.05, 0.1) is 17.5 Å². The fourth-order valence-electron chi connectivity index (χ4n) is 2.82. The molecule has 0 heterocycles. The highest BCUT2D eigenvalue weighted by Gasteiger charge is 2.49. The molecule has 1 aliphatic carbocycles. The molecule has 1 aromatic rings. The Balaban J connectivity index is 2.13. The largest absolute Gasteiger partial charge is 0.380 e. The van der Waals surface area contributed by atoms with Crippen molar-refractivity contribution in [1.29, 1.82) is 0 Å². The van der Waals surface area contributed by atoms with Gasteiger partial charge in [0.25, 0.3) is 0 Å². The Morgan fingerprint density at radius 3 is 2.65 bits per heavy atom. The summed E-state index contributed by atoms with van der Waals surface area (Å²) < 4.78 is 6.90. The first-order valence-electron chi connectivity index (χ1n) is 7.21. The summed E-state index contributed by atoms with van der Waals surface area (Å²) >= 11 is 3.56. The number of hydrogen-bond acceptors (Lipinski definition) is 3. The Hall–Kier alpha value is -0.740. The summed E-state index contributed by atoms with van der Waals surface area (Å²) in [7, 11) is 4.15. The van der Waals surface area contributed by atoms with Crippen LogP contribution in [0.2, 0.25) is 0 Å². The Kier molecular flexibility index (Phi) is 4.65. The molecular formula is C16H25BrN2O. The molecule has 1 aromatic carbocycles. The quantitative estimate of drug-likeness (QED) is 0.872. The minimum atomic E-state index is 0.169. The van der Waals surface area contributed by atoms with Gasteiger partial charge >= 0.3 is 0 Å². The summed E-state index contributed by atoms with van der Waals surface area (Å²) in [5.74, 6) is 0. The predicted molar refractivity (Wildman–Crippen MR) is 89.7 cm³/mol. The summed E-state index contributed by atoms with van der Waals surface area (Å²) in [6, 6.07) is 6.82. The zero-order chi connectivity index (χ0) is 14.9. The molecule has 3 nitrogen and oxygen atoms in total. The molecule has 0 aliphatic heterocycles. The van der Waals surface area contributed by atoms with E-state index in [1.807, 2.05) is 0 Å². The van der Waals surface area contributed by atoms with Crippen molar-refractivity contribution in [2.24, 2.45) is 5.41 Å². The van der Waals surface area contributed by atoms with Crippen molar-refractivity contribution >= 4 is 27.3 Å². The van der Waals surface area contributed by atoms with Crippen molar-refractivity contribution in [3.05, 3.63) is 22.7 Å². The van der Waals surface area contributed by atoms with Crippen LogP contribution in [0.15, 0.2) is 22.7 Å². The number of halogens is 1. The van der Waals surface area contributed by atoms with E-state index in [-0.39, 0.29) is 5.41 Å². The Bertz CT molecular complexity index is 474. The maximum Gasteiger partial charge on any atom is 0.0665 e. The van der Waals surface area contributed by atoms with Crippen molar-refractivity contribution in [2.75, 3.05) is 30.9 Å². The first kappa shape index (κ1) is 15.6. The molecule has 1 aliphatic rings. The van der Waals surface area contributed by atoms with Gasteiger partial charge in [-0.25, -0.2) is 0 Å². The highest BCUT2D eigenvalue weighted by atomic mass is 79.9. The predicted octanol–water partition coefficient (Wildman–Crippen LogP) is 4.13. The fourth-order valence-corrected chi connectivity index (χ4v) is 3.18. The van der Waals surface area contributed by atoms with Crippen LogP contribution in [0.5, 0.6) is 0 Å². The van der Waals surface area contributed by atoms with Crippen molar-refractivity contribution < 1.29 is 4.74 Å². The van der Waals surface area contributed by atoms with Crippen LogP contribution < -0.4 is 10.2 Å². The van der Waals surface area contributed by atoms with E-state index in [4.69, 9.17) is 4.74 Å². The lowest BCUT2D eigenvalue weighted by molar-refractivity contribution is -0.0975. The smallest absolute Gasteiger partial charge is 0.0665 e. The molecule has 1 fully saturated rings. The molecule has 0 radical (unpaired) electrons. The van der Waals surface area contributed by atoms with Crippen LogP contribution in [-0.2, 0) is 4.74 Å². The summed E-state index contributed by atoms with van der Waals surface area (Å²) in [5.41, 5.74) is 2.56. The zero-order valence-corrected chi connectivity index (χ0v) is 14.6. The number of benzene rings is 1. The van der Waals surface area contributed by atoms with E-state index in [0.29, 0.717) is 12.1 Å². The normalized spacial score (nSPS) is 24.1. The Morgan fingerprint density at radius 2 is 2.10 bits per heavy atom. The number of anilines is 2. The van der Waals surface area contributed by atoms with Gasteiger partial charge in [0.1, 0.15) is 0 Å². The van der Waals surface area contributed by atoms with Crippen molar-refractivity contribution in [1.82, 2.24) is 0 Å². The molecule has 2 atom stereocenters. The number of rotatable bonds is 5. The van der Waals surface area contributed by atoms with Crippen molar-refractivity contribution in [3.8, 4) is 0 Å². The third-order valence-electron chi connectivity index (χ3n) is 4.32. The molecule has 0 aromatic heterocycles. The highest BCUT2D eigenvalue weighted by molar-refractivity contribution is 9.10. The molecule has 2 rings (SSSR count). The van der Waals surface area contributed by atoms with Crippen molar-refractivity contribution in [2.45, 2.75) is 39.3 Å². The van der Waals surface area contributed by atoms with Gasteiger partial charge in [-0.1, -0.05) is 29.8 Å². The first-order valence-corrected chi connectivity index (χ1v) is 8.00. The van der Waals surface area contributed by atoms with Crippen molar-refractivity contribution in [3.63, 3.8) is 0 Å².